The standard InChI is InChI=1S/C22H17ClN4O2/c1-29-20-11-8-15-4-2-3-5-17(15)21(20)18-12-19(26-25-18)22(28)27-24-13-14-6-9-16(23)10-7-14/h2-13H,1H3,(H,25,26)(H,27,28). The lowest BCUT2D eigenvalue weighted by Gasteiger charge is -2.09. The molecule has 0 aliphatic rings. The maximum atomic E-state index is 12.4. The van der Waals surface area contributed by atoms with E-state index in [1.807, 2.05) is 36.4 Å². The van der Waals surface area contributed by atoms with E-state index in [2.05, 4.69) is 20.7 Å². The smallest absolute Gasteiger partial charge is 0.289 e. The van der Waals surface area contributed by atoms with Crippen LogP contribution in [0.2, 0.25) is 5.02 Å². The first-order chi connectivity index (χ1) is 14.2. The molecule has 0 atom stereocenters. The molecule has 0 spiro atoms. The van der Waals surface area contributed by atoms with Crippen LogP contribution >= 0.6 is 11.6 Å². The maximum absolute atomic E-state index is 12.4. The van der Waals surface area contributed by atoms with Gasteiger partial charge in [0.2, 0.25) is 0 Å². The van der Waals surface area contributed by atoms with Gasteiger partial charge in [-0.2, -0.15) is 10.2 Å². The summed E-state index contributed by atoms with van der Waals surface area (Å²) in [6, 6.07) is 20.6. The van der Waals surface area contributed by atoms with Crippen molar-refractivity contribution in [2.45, 2.75) is 0 Å². The Morgan fingerprint density at radius 3 is 2.72 bits per heavy atom. The van der Waals surface area contributed by atoms with Crippen LogP contribution in [0.15, 0.2) is 71.8 Å². The van der Waals surface area contributed by atoms with Gasteiger partial charge < -0.3 is 4.74 Å². The molecule has 1 amide bonds. The first kappa shape index (κ1) is 18.7. The summed E-state index contributed by atoms with van der Waals surface area (Å²) in [6.45, 7) is 0. The molecule has 144 valence electrons. The topological polar surface area (TPSA) is 79.4 Å². The molecule has 3 aromatic carbocycles. The van der Waals surface area contributed by atoms with Crippen LogP contribution in [0.5, 0.6) is 5.75 Å². The van der Waals surface area contributed by atoms with Crippen LogP contribution in [0.25, 0.3) is 22.0 Å². The zero-order valence-corrected chi connectivity index (χ0v) is 16.3. The van der Waals surface area contributed by atoms with Crippen LogP contribution in [0.1, 0.15) is 16.1 Å². The molecule has 7 heteroatoms. The van der Waals surface area contributed by atoms with Gasteiger partial charge in [-0.3, -0.25) is 9.89 Å². The fourth-order valence-electron chi connectivity index (χ4n) is 3.03. The van der Waals surface area contributed by atoms with Gasteiger partial charge in [0.25, 0.3) is 5.91 Å². The fraction of sp³-hybridized carbons (Fsp3) is 0.0455. The van der Waals surface area contributed by atoms with Crippen molar-refractivity contribution in [3.63, 3.8) is 0 Å². The summed E-state index contributed by atoms with van der Waals surface area (Å²) in [4.78, 5) is 12.4. The van der Waals surface area contributed by atoms with Crippen molar-refractivity contribution in [1.29, 1.82) is 0 Å². The summed E-state index contributed by atoms with van der Waals surface area (Å²) in [6.07, 6.45) is 1.54. The Labute approximate surface area is 172 Å². The SMILES string of the molecule is COc1ccc2ccccc2c1-c1cc(C(=O)NN=Cc2ccc(Cl)cc2)[nH]n1. The number of amides is 1. The van der Waals surface area contributed by atoms with Crippen molar-refractivity contribution in [1.82, 2.24) is 15.6 Å². The molecule has 1 aromatic heterocycles. The van der Waals surface area contributed by atoms with Crippen molar-refractivity contribution < 1.29 is 9.53 Å². The minimum absolute atomic E-state index is 0.295. The van der Waals surface area contributed by atoms with Gasteiger partial charge in [0.05, 0.1) is 24.6 Å². The molecule has 0 saturated carbocycles. The van der Waals surface area contributed by atoms with Crippen molar-refractivity contribution >= 4 is 34.5 Å². The Morgan fingerprint density at radius 2 is 1.93 bits per heavy atom. The van der Waals surface area contributed by atoms with Crippen molar-refractivity contribution in [3.05, 3.63) is 83.0 Å². The molecule has 0 aliphatic carbocycles. The number of carbonyl (C=O) groups excluding carboxylic acids is 1. The molecule has 0 aliphatic heterocycles. The Morgan fingerprint density at radius 1 is 1.14 bits per heavy atom. The van der Waals surface area contributed by atoms with Gasteiger partial charge in [-0.25, -0.2) is 5.43 Å². The molecule has 1 heterocycles. The van der Waals surface area contributed by atoms with E-state index in [-0.39, 0.29) is 0 Å². The molecule has 0 unspecified atom stereocenters. The average molecular weight is 405 g/mol. The second kappa shape index (κ2) is 8.16. The number of nitrogens with zero attached hydrogens (tertiary/aromatic N) is 2. The second-order valence-electron chi connectivity index (χ2n) is 6.28. The zero-order valence-electron chi connectivity index (χ0n) is 15.5. The third-order valence-electron chi connectivity index (χ3n) is 4.44. The Hall–Kier alpha value is -3.64. The van der Waals surface area contributed by atoms with E-state index < -0.39 is 5.91 Å². The van der Waals surface area contributed by atoms with E-state index in [1.54, 1.807) is 43.7 Å². The van der Waals surface area contributed by atoms with Crippen molar-refractivity contribution in [2.24, 2.45) is 5.10 Å². The Bertz CT molecular complexity index is 1200. The van der Waals surface area contributed by atoms with Crippen molar-refractivity contribution in [2.75, 3.05) is 7.11 Å². The van der Waals surface area contributed by atoms with Crippen LogP contribution in [0, 0.1) is 0 Å². The van der Waals surface area contributed by atoms with Crippen LogP contribution in [-0.2, 0) is 0 Å². The van der Waals surface area contributed by atoms with Gasteiger partial charge >= 0.3 is 0 Å². The molecule has 0 bridgehead atoms. The van der Waals surface area contributed by atoms with E-state index >= 15 is 0 Å². The number of nitrogens with one attached hydrogen (secondary N) is 2. The molecule has 0 fully saturated rings. The predicted molar refractivity (Wildman–Crippen MR) is 115 cm³/mol. The molecule has 6 nitrogen and oxygen atoms in total. The maximum Gasteiger partial charge on any atom is 0.289 e. The number of hydrogen-bond donors (Lipinski definition) is 2. The fourth-order valence-corrected chi connectivity index (χ4v) is 3.15. The highest BCUT2D eigenvalue weighted by Gasteiger charge is 2.16. The van der Waals surface area contributed by atoms with Crippen molar-refractivity contribution in [3.8, 4) is 17.0 Å². The summed E-state index contributed by atoms with van der Waals surface area (Å²) in [5, 5.41) is 13.7. The zero-order chi connectivity index (χ0) is 20.2. The van der Waals surface area contributed by atoms with Gasteiger partial charge in [0.1, 0.15) is 11.4 Å². The number of ether oxygens (including phenoxy) is 1. The normalized spacial score (nSPS) is 11.1. The van der Waals surface area contributed by atoms with Gasteiger partial charge in [-0.1, -0.05) is 54.1 Å². The van der Waals surface area contributed by atoms with E-state index in [0.717, 1.165) is 21.9 Å². The number of hydrogen-bond acceptors (Lipinski definition) is 4. The number of carbonyl (C=O) groups is 1. The molecule has 4 aromatic rings. The van der Waals surface area contributed by atoms with Crippen LogP contribution in [0.4, 0.5) is 0 Å². The number of aromatic amines is 1. The highest BCUT2D eigenvalue weighted by atomic mass is 35.5. The Balaban J connectivity index is 1.58. The predicted octanol–water partition coefficient (Wildman–Crippen LogP) is 4.66. The summed E-state index contributed by atoms with van der Waals surface area (Å²) >= 11 is 5.85. The number of halogens is 1. The number of H-pyrrole nitrogens is 1. The molecule has 2 N–H and O–H groups in total. The lowest BCUT2D eigenvalue weighted by Crippen LogP contribution is -2.17. The van der Waals surface area contributed by atoms with Crippen LogP contribution < -0.4 is 10.2 Å². The quantitative estimate of drug-likeness (QED) is 0.375. The molecule has 0 radical (unpaired) electrons. The number of rotatable bonds is 5. The number of methoxy groups -OCH3 is 1. The van der Waals surface area contributed by atoms with Gasteiger partial charge in [0.15, 0.2) is 0 Å². The van der Waals surface area contributed by atoms with Gasteiger partial charge in [-0.15, -0.1) is 0 Å². The second-order valence-corrected chi connectivity index (χ2v) is 6.72. The molecular formula is C22H17ClN4O2. The lowest BCUT2D eigenvalue weighted by molar-refractivity contribution is 0.0950. The van der Waals surface area contributed by atoms with E-state index in [9.17, 15) is 4.79 Å². The van der Waals surface area contributed by atoms with E-state index in [1.165, 1.54) is 0 Å². The minimum Gasteiger partial charge on any atom is -0.496 e. The summed E-state index contributed by atoms with van der Waals surface area (Å²) in [5.74, 6) is 0.288. The average Bonchev–Trinajstić information content (AvgIpc) is 3.24. The third kappa shape index (κ3) is 3.97. The van der Waals surface area contributed by atoms with Crippen LogP contribution in [-0.4, -0.2) is 29.4 Å². The number of aromatic nitrogens is 2. The number of benzene rings is 3. The molecule has 4 rings (SSSR count). The number of fused-ring (bicyclic) bond motifs is 1. The molecule has 0 saturated heterocycles. The molecule has 29 heavy (non-hydrogen) atoms. The first-order valence-corrected chi connectivity index (χ1v) is 9.24. The first-order valence-electron chi connectivity index (χ1n) is 8.86. The Kier molecular flexibility index (Phi) is 5.27. The van der Waals surface area contributed by atoms with Gasteiger partial charge in [-0.05, 0) is 40.6 Å². The highest BCUT2D eigenvalue weighted by Crippen LogP contribution is 2.36. The highest BCUT2D eigenvalue weighted by molar-refractivity contribution is 6.30. The van der Waals surface area contributed by atoms with Gasteiger partial charge in [0, 0.05) is 5.02 Å². The summed E-state index contributed by atoms with van der Waals surface area (Å²) < 4.78 is 5.51. The third-order valence-corrected chi connectivity index (χ3v) is 4.69. The van der Waals surface area contributed by atoms with Crippen LogP contribution in [0.3, 0.4) is 0 Å². The minimum atomic E-state index is -0.395. The monoisotopic (exact) mass is 404 g/mol. The van der Waals surface area contributed by atoms with E-state index in [4.69, 9.17) is 16.3 Å². The van der Waals surface area contributed by atoms with E-state index in [0.29, 0.717) is 22.2 Å². The molecular weight excluding hydrogens is 388 g/mol. The lowest BCUT2D eigenvalue weighted by atomic mass is 10.0. The largest absolute Gasteiger partial charge is 0.496 e. The number of hydrazone groups is 1. The summed E-state index contributed by atoms with van der Waals surface area (Å²) in [7, 11) is 1.61. The summed E-state index contributed by atoms with van der Waals surface area (Å²) in [5.41, 5.74) is 5.04.